The summed E-state index contributed by atoms with van der Waals surface area (Å²) in [7, 11) is 0. The summed E-state index contributed by atoms with van der Waals surface area (Å²) in [6.45, 7) is 7.47. The molecule has 0 unspecified atom stereocenters. The molecule has 18 heavy (non-hydrogen) atoms. The zero-order valence-electron chi connectivity index (χ0n) is 11.8. The number of nitrogens with one attached hydrogen (secondary N) is 1. The number of nitrogens with zero attached hydrogens (tertiary/aromatic N) is 2. The smallest absolute Gasteiger partial charge is 0.223 e. The van der Waals surface area contributed by atoms with Crippen LogP contribution in [-0.4, -0.2) is 22.7 Å². The molecule has 1 aliphatic carbocycles. The largest absolute Gasteiger partial charge is 0.340 e. The van der Waals surface area contributed by atoms with Gasteiger partial charge >= 0.3 is 0 Å². The molecule has 0 spiro atoms. The Morgan fingerprint density at radius 1 is 1.28 bits per heavy atom. The molecule has 0 amide bonds. The number of rotatable bonds is 5. The van der Waals surface area contributed by atoms with E-state index in [1.165, 1.54) is 25.7 Å². The summed E-state index contributed by atoms with van der Waals surface area (Å²) in [5.41, 5.74) is 0. The maximum Gasteiger partial charge on any atom is 0.223 e. The van der Waals surface area contributed by atoms with Crippen LogP contribution in [0.15, 0.2) is 4.52 Å². The maximum absolute atomic E-state index is 4.96. The summed E-state index contributed by atoms with van der Waals surface area (Å²) in [6.07, 6.45) is 6.23. The summed E-state index contributed by atoms with van der Waals surface area (Å²) >= 11 is 0. The highest BCUT2D eigenvalue weighted by molar-refractivity contribution is 4.86. The summed E-state index contributed by atoms with van der Waals surface area (Å²) in [6, 6.07) is 0.688. The van der Waals surface area contributed by atoms with E-state index in [1.807, 2.05) is 6.92 Å². The third kappa shape index (κ3) is 3.80. The van der Waals surface area contributed by atoms with Crippen LogP contribution in [0.3, 0.4) is 0 Å². The number of aromatic nitrogens is 2. The molecular weight excluding hydrogens is 226 g/mol. The number of hydrogen-bond donors (Lipinski definition) is 1. The molecule has 1 heterocycles. The Labute approximate surface area is 110 Å². The van der Waals surface area contributed by atoms with Gasteiger partial charge in [-0.3, -0.25) is 0 Å². The van der Waals surface area contributed by atoms with E-state index in [4.69, 9.17) is 4.52 Å². The van der Waals surface area contributed by atoms with Gasteiger partial charge in [0.25, 0.3) is 0 Å². The van der Waals surface area contributed by atoms with Crippen molar-refractivity contribution in [1.82, 2.24) is 15.5 Å². The first-order chi connectivity index (χ1) is 8.65. The van der Waals surface area contributed by atoms with Gasteiger partial charge in [0, 0.05) is 25.9 Å². The van der Waals surface area contributed by atoms with E-state index in [1.54, 1.807) is 0 Å². The first kappa shape index (κ1) is 13.5. The number of hydrogen-bond acceptors (Lipinski definition) is 4. The molecule has 1 aromatic rings. The van der Waals surface area contributed by atoms with E-state index < -0.39 is 0 Å². The van der Waals surface area contributed by atoms with Crippen molar-refractivity contribution < 1.29 is 4.52 Å². The van der Waals surface area contributed by atoms with E-state index >= 15 is 0 Å². The van der Waals surface area contributed by atoms with Gasteiger partial charge in [-0.15, -0.1) is 0 Å². The summed E-state index contributed by atoms with van der Waals surface area (Å²) in [5.74, 6) is 3.24. The lowest BCUT2D eigenvalue weighted by atomic mass is 9.80. The van der Waals surface area contributed by atoms with Gasteiger partial charge < -0.3 is 9.84 Å². The molecule has 0 aromatic carbocycles. The maximum atomic E-state index is 4.96. The SMILES string of the molecule is Cc1nc(CCNC2CCC(C(C)C)CC2)no1. The van der Waals surface area contributed by atoms with Crippen molar-refractivity contribution in [2.24, 2.45) is 11.8 Å². The van der Waals surface area contributed by atoms with Crippen molar-refractivity contribution in [3.05, 3.63) is 11.7 Å². The fraction of sp³-hybridized carbons (Fsp3) is 0.857. The predicted molar refractivity (Wildman–Crippen MR) is 71.3 cm³/mol. The minimum atomic E-state index is 0.655. The Hall–Kier alpha value is -0.900. The second-order valence-electron chi connectivity index (χ2n) is 5.79. The molecule has 4 nitrogen and oxygen atoms in total. The van der Waals surface area contributed by atoms with Gasteiger partial charge in [-0.2, -0.15) is 4.98 Å². The van der Waals surface area contributed by atoms with Crippen molar-refractivity contribution in [1.29, 1.82) is 0 Å². The van der Waals surface area contributed by atoms with Crippen LogP contribution in [0.1, 0.15) is 51.2 Å². The molecule has 1 fully saturated rings. The average Bonchev–Trinajstić information content (AvgIpc) is 2.76. The van der Waals surface area contributed by atoms with Gasteiger partial charge in [0.15, 0.2) is 5.82 Å². The molecule has 0 saturated heterocycles. The van der Waals surface area contributed by atoms with E-state index in [0.29, 0.717) is 11.9 Å². The second-order valence-corrected chi connectivity index (χ2v) is 5.79. The van der Waals surface area contributed by atoms with Crippen LogP contribution in [0.2, 0.25) is 0 Å². The van der Waals surface area contributed by atoms with Crippen molar-refractivity contribution in [2.45, 2.75) is 58.9 Å². The first-order valence-corrected chi connectivity index (χ1v) is 7.17. The highest BCUT2D eigenvalue weighted by atomic mass is 16.5. The van der Waals surface area contributed by atoms with Crippen molar-refractivity contribution in [3.8, 4) is 0 Å². The molecule has 1 aromatic heterocycles. The normalized spacial score (nSPS) is 24.7. The lowest BCUT2D eigenvalue weighted by Crippen LogP contribution is -2.35. The van der Waals surface area contributed by atoms with Crippen LogP contribution in [0, 0.1) is 18.8 Å². The van der Waals surface area contributed by atoms with Crippen molar-refractivity contribution in [2.75, 3.05) is 6.54 Å². The van der Waals surface area contributed by atoms with Crippen LogP contribution >= 0.6 is 0 Å². The van der Waals surface area contributed by atoms with Crippen LogP contribution in [-0.2, 0) is 6.42 Å². The Kier molecular flexibility index (Phi) is 4.75. The molecule has 0 bridgehead atoms. The fourth-order valence-corrected chi connectivity index (χ4v) is 2.82. The quantitative estimate of drug-likeness (QED) is 0.874. The molecule has 1 saturated carbocycles. The third-order valence-electron chi connectivity index (χ3n) is 4.07. The molecular formula is C14H25N3O. The molecule has 2 rings (SSSR count). The van der Waals surface area contributed by atoms with Gasteiger partial charge in [0.2, 0.25) is 5.89 Å². The van der Waals surface area contributed by atoms with E-state index in [0.717, 1.165) is 30.6 Å². The zero-order valence-corrected chi connectivity index (χ0v) is 11.8. The molecule has 4 heteroatoms. The van der Waals surface area contributed by atoms with Crippen LogP contribution in [0.25, 0.3) is 0 Å². The molecule has 0 atom stereocenters. The lowest BCUT2D eigenvalue weighted by molar-refractivity contribution is 0.239. The topological polar surface area (TPSA) is 51.0 Å². The lowest BCUT2D eigenvalue weighted by Gasteiger charge is -2.31. The van der Waals surface area contributed by atoms with Gasteiger partial charge in [-0.25, -0.2) is 0 Å². The molecule has 0 radical (unpaired) electrons. The standard InChI is InChI=1S/C14H25N3O/c1-10(2)12-4-6-13(7-5-12)15-9-8-14-16-11(3)18-17-14/h10,12-13,15H,4-9H2,1-3H3. The van der Waals surface area contributed by atoms with Gasteiger partial charge in [0.05, 0.1) is 0 Å². The minimum absolute atomic E-state index is 0.655. The van der Waals surface area contributed by atoms with Gasteiger partial charge in [-0.1, -0.05) is 19.0 Å². The first-order valence-electron chi connectivity index (χ1n) is 7.17. The highest BCUT2D eigenvalue weighted by Crippen LogP contribution is 2.29. The fourth-order valence-electron chi connectivity index (χ4n) is 2.82. The second kappa shape index (κ2) is 6.32. The Balaban J connectivity index is 1.63. The molecule has 0 aliphatic heterocycles. The predicted octanol–water partition coefficient (Wildman–Crippen LogP) is 2.72. The van der Waals surface area contributed by atoms with Crippen molar-refractivity contribution >= 4 is 0 Å². The zero-order chi connectivity index (χ0) is 13.0. The summed E-state index contributed by atoms with van der Waals surface area (Å²) in [4.78, 5) is 4.21. The van der Waals surface area contributed by atoms with Gasteiger partial charge in [0.1, 0.15) is 0 Å². The van der Waals surface area contributed by atoms with E-state index in [2.05, 4.69) is 29.3 Å². The molecule has 1 N–H and O–H groups in total. The monoisotopic (exact) mass is 251 g/mol. The molecule has 102 valence electrons. The minimum Gasteiger partial charge on any atom is -0.340 e. The third-order valence-corrected chi connectivity index (χ3v) is 4.07. The van der Waals surface area contributed by atoms with E-state index in [9.17, 15) is 0 Å². The van der Waals surface area contributed by atoms with Crippen LogP contribution < -0.4 is 5.32 Å². The van der Waals surface area contributed by atoms with Gasteiger partial charge in [-0.05, 0) is 37.5 Å². The van der Waals surface area contributed by atoms with Crippen LogP contribution in [0.4, 0.5) is 0 Å². The molecule has 1 aliphatic rings. The van der Waals surface area contributed by atoms with Crippen LogP contribution in [0.5, 0.6) is 0 Å². The van der Waals surface area contributed by atoms with E-state index in [-0.39, 0.29) is 0 Å². The van der Waals surface area contributed by atoms with Crippen molar-refractivity contribution in [3.63, 3.8) is 0 Å². The Morgan fingerprint density at radius 3 is 2.56 bits per heavy atom. The Bertz CT molecular complexity index is 354. The average molecular weight is 251 g/mol. The highest BCUT2D eigenvalue weighted by Gasteiger charge is 2.22. The Morgan fingerprint density at radius 2 is 2.00 bits per heavy atom. The summed E-state index contributed by atoms with van der Waals surface area (Å²) in [5, 5.41) is 7.52. The summed E-state index contributed by atoms with van der Waals surface area (Å²) < 4.78 is 4.96. The number of aryl methyl sites for hydroxylation is 1.